The van der Waals surface area contributed by atoms with Gasteiger partial charge in [-0.1, -0.05) is 0 Å². The van der Waals surface area contributed by atoms with Crippen LogP contribution in [0, 0.1) is 0 Å². The summed E-state index contributed by atoms with van der Waals surface area (Å²) in [4.78, 5) is 38.5. The molecule has 1 aliphatic heterocycles. The largest absolute Gasteiger partial charge is 0.504 e. The van der Waals surface area contributed by atoms with Gasteiger partial charge in [0.05, 0.1) is 16.7 Å². The summed E-state index contributed by atoms with van der Waals surface area (Å²) in [5.41, 5.74) is -1.67. The first-order valence-electron chi connectivity index (χ1n) is 12.4. The van der Waals surface area contributed by atoms with Crippen LogP contribution in [-0.4, -0.2) is 111 Å². The Morgan fingerprint density at radius 3 is 1.27 bits per heavy atom. The van der Waals surface area contributed by atoms with Gasteiger partial charge in [-0.2, -0.15) is 0 Å². The molecule has 4 rings (SSSR count). The van der Waals surface area contributed by atoms with Gasteiger partial charge in [-0.25, -0.2) is 14.4 Å². The third-order valence-corrected chi connectivity index (χ3v) is 6.41. The minimum absolute atomic E-state index is 0.488. The Morgan fingerprint density at radius 2 is 0.889 bits per heavy atom. The van der Waals surface area contributed by atoms with Crippen LogP contribution in [-0.2, 0) is 18.9 Å². The summed E-state index contributed by atoms with van der Waals surface area (Å²) in [6.07, 6.45) is -10.2. The zero-order chi connectivity index (χ0) is 33.3. The fourth-order valence-corrected chi connectivity index (χ4v) is 4.11. The Labute approximate surface area is 249 Å². The Kier molecular flexibility index (Phi) is 8.84. The summed E-state index contributed by atoms with van der Waals surface area (Å²) in [6.45, 7) is -0.941. The van der Waals surface area contributed by atoms with Gasteiger partial charge >= 0.3 is 17.9 Å². The summed E-state index contributed by atoms with van der Waals surface area (Å²) >= 11 is 0. The van der Waals surface area contributed by atoms with Crippen molar-refractivity contribution >= 4 is 17.9 Å². The van der Waals surface area contributed by atoms with E-state index in [0.717, 1.165) is 12.1 Å². The molecular weight excluding hydrogens is 612 g/mol. The molecule has 0 bridgehead atoms. The minimum atomic E-state index is -2.19. The molecule has 0 amide bonds. The molecule has 3 aromatic carbocycles. The number of aliphatic hydroxyl groups is 2. The van der Waals surface area contributed by atoms with Crippen LogP contribution in [0.5, 0.6) is 51.7 Å². The number of phenolic OH excluding ortho intramolecular Hbond substituents is 9. The molecule has 1 aliphatic rings. The number of hydrogen-bond acceptors (Lipinski definition) is 18. The number of esters is 3. The predicted octanol–water partition coefficient (Wildman–Crippen LogP) is -0.277. The maximum absolute atomic E-state index is 13.0. The quantitative estimate of drug-likeness (QED) is 0.0902. The molecule has 18 heteroatoms. The molecule has 0 radical (unpaired) electrons. The van der Waals surface area contributed by atoms with E-state index >= 15 is 0 Å². The van der Waals surface area contributed by atoms with Crippen molar-refractivity contribution in [3.05, 3.63) is 53.1 Å². The van der Waals surface area contributed by atoms with Crippen molar-refractivity contribution in [3.8, 4) is 51.7 Å². The van der Waals surface area contributed by atoms with Crippen molar-refractivity contribution in [1.82, 2.24) is 0 Å². The van der Waals surface area contributed by atoms with Crippen molar-refractivity contribution in [2.24, 2.45) is 0 Å². The number of carbonyl (C=O) groups excluding carboxylic acids is 3. The lowest BCUT2D eigenvalue weighted by Crippen LogP contribution is -2.61. The monoisotopic (exact) mass is 636 g/mol. The average Bonchev–Trinajstić information content (AvgIpc) is 2.98. The molecule has 0 aliphatic carbocycles. The molecule has 1 fully saturated rings. The van der Waals surface area contributed by atoms with Crippen molar-refractivity contribution in [1.29, 1.82) is 0 Å². The molecule has 1 heterocycles. The van der Waals surface area contributed by atoms with Crippen LogP contribution in [0.2, 0.25) is 0 Å². The van der Waals surface area contributed by atoms with Crippen LogP contribution in [0.3, 0.4) is 0 Å². The first-order chi connectivity index (χ1) is 21.1. The van der Waals surface area contributed by atoms with E-state index in [9.17, 15) is 70.6 Å². The topological polar surface area (TPSA) is 311 Å². The van der Waals surface area contributed by atoms with Crippen molar-refractivity contribution in [2.75, 3.05) is 6.61 Å². The fourth-order valence-electron chi connectivity index (χ4n) is 4.11. The van der Waals surface area contributed by atoms with E-state index in [0.29, 0.717) is 24.3 Å². The van der Waals surface area contributed by atoms with Gasteiger partial charge in [-0.05, 0) is 36.4 Å². The van der Waals surface area contributed by atoms with Crippen LogP contribution in [0.25, 0.3) is 0 Å². The van der Waals surface area contributed by atoms with E-state index in [4.69, 9.17) is 18.9 Å². The number of ether oxygens (including phenoxy) is 4. The first kappa shape index (κ1) is 32.1. The van der Waals surface area contributed by atoms with Gasteiger partial charge in [0.2, 0.25) is 0 Å². The Hall–Kier alpha value is -5.85. The second-order valence-electron chi connectivity index (χ2n) is 9.48. The maximum Gasteiger partial charge on any atom is 0.338 e. The van der Waals surface area contributed by atoms with Gasteiger partial charge in [0.15, 0.2) is 70.2 Å². The van der Waals surface area contributed by atoms with Gasteiger partial charge in [0.25, 0.3) is 0 Å². The highest BCUT2D eigenvalue weighted by Gasteiger charge is 2.50. The molecule has 1 saturated heterocycles. The number of carbonyl (C=O) groups is 3. The second-order valence-corrected chi connectivity index (χ2v) is 9.48. The van der Waals surface area contributed by atoms with Crippen LogP contribution in [0.1, 0.15) is 31.1 Å². The summed E-state index contributed by atoms with van der Waals surface area (Å²) in [7, 11) is 0. The summed E-state index contributed by atoms with van der Waals surface area (Å²) < 4.78 is 20.8. The lowest BCUT2D eigenvalue weighted by Gasteiger charge is -2.41. The highest BCUT2D eigenvalue weighted by atomic mass is 16.7. The molecule has 11 N–H and O–H groups in total. The second kappa shape index (κ2) is 12.4. The molecular formula is C27H24O18. The normalized spacial score (nSPS) is 21.1. The first-order valence-corrected chi connectivity index (χ1v) is 12.4. The molecule has 0 saturated carbocycles. The highest BCUT2D eigenvalue weighted by molar-refractivity contribution is 5.93. The van der Waals surface area contributed by atoms with Gasteiger partial charge in [-0.3, -0.25) is 0 Å². The van der Waals surface area contributed by atoms with Crippen LogP contribution in [0.15, 0.2) is 36.4 Å². The Balaban J connectivity index is 1.66. The van der Waals surface area contributed by atoms with E-state index < -0.39 is 124 Å². The summed E-state index contributed by atoms with van der Waals surface area (Å²) in [6, 6.07) is 4.15. The lowest BCUT2D eigenvalue weighted by atomic mass is 9.98. The van der Waals surface area contributed by atoms with Crippen LogP contribution < -0.4 is 0 Å². The third-order valence-electron chi connectivity index (χ3n) is 6.41. The summed E-state index contributed by atoms with van der Waals surface area (Å²) in [5, 5.41) is 108. The number of rotatable bonds is 7. The molecule has 0 spiro atoms. The molecule has 0 aromatic heterocycles. The molecule has 18 nitrogen and oxygen atoms in total. The molecule has 5 atom stereocenters. The average molecular weight is 636 g/mol. The molecule has 3 aromatic rings. The van der Waals surface area contributed by atoms with E-state index in [-0.39, 0.29) is 0 Å². The zero-order valence-corrected chi connectivity index (χ0v) is 22.3. The van der Waals surface area contributed by atoms with E-state index in [1.807, 2.05) is 0 Å². The number of hydrogen-bond donors (Lipinski definition) is 11. The number of phenols is 9. The molecule has 240 valence electrons. The van der Waals surface area contributed by atoms with Crippen molar-refractivity contribution in [3.63, 3.8) is 0 Å². The molecule has 1 unspecified atom stereocenters. The number of benzene rings is 3. The van der Waals surface area contributed by atoms with E-state index in [2.05, 4.69) is 0 Å². The molecule has 45 heavy (non-hydrogen) atoms. The van der Waals surface area contributed by atoms with Gasteiger partial charge in [-0.15, -0.1) is 0 Å². The SMILES string of the molecule is O=C(OC[C@H]1O[C@@H](O)[C@H](O)C(OC(=O)c2cc(O)c(O)c(O)c2)[C@@H]1OC(=O)c1cc(O)c(O)c(O)c1)c1cc(O)c(O)c(O)c1. The summed E-state index contributed by atoms with van der Waals surface area (Å²) in [5.74, 6) is -12.5. The minimum Gasteiger partial charge on any atom is -0.504 e. The zero-order valence-electron chi connectivity index (χ0n) is 22.3. The van der Waals surface area contributed by atoms with Gasteiger partial charge in [0, 0.05) is 0 Å². The number of aromatic hydroxyl groups is 9. The fraction of sp³-hybridized carbons (Fsp3) is 0.222. The van der Waals surface area contributed by atoms with Gasteiger partial charge in [0.1, 0.15) is 18.8 Å². The Morgan fingerprint density at radius 1 is 0.556 bits per heavy atom. The van der Waals surface area contributed by atoms with E-state index in [1.165, 1.54) is 0 Å². The van der Waals surface area contributed by atoms with Crippen molar-refractivity contribution in [2.45, 2.75) is 30.7 Å². The predicted molar refractivity (Wildman–Crippen MR) is 140 cm³/mol. The lowest BCUT2D eigenvalue weighted by molar-refractivity contribution is -0.285. The number of aliphatic hydroxyl groups excluding tert-OH is 2. The van der Waals surface area contributed by atoms with Crippen LogP contribution >= 0.6 is 0 Å². The van der Waals surface area contributed by atoms with E-state index in [1.54, 1.807) is 0 Å². The maximum atomic E-state index is 13.0. The van der Waals surface area contributed by atoms with Crippen LogP contribution in [0.4, 0.5) is 0 Å². The Bertz CT molecular complexity index is 1580. The van der Waals surface area contributed by atoms with Crippen molar-refractivity contribution < 1.29 is 89.5 Å². The highest BCUT2D eigenvalue weighted by Crippen LogP contribution is 2.38. The third kappa shape index (κ3) is 6.56. The smallest absolute Gasteiger partial charge is 0.338 e. The van der Waals surface area contributed by atoms with Gasteiger partial charge < -0.3 is 75.1 Å². The standard InChI is InChI=1S/C27H24O18/c28-11-1-8(2-12(29)18(11)34)24(38)42-7-17-22(44-25(39)9-3-13(30)19(35)14(31)4-9)23(21(37)27(41)43-17)45-26(40)10-5-15(32)20(36)16(33)6-10/h1-6,17,21-23,27-37,41H,7H2/t17-,21-,22-,23?,27-/m1/s1.